The summed E-state index contributed by atoms with van der Waals surface area (Å²) in [4.78, 5) is 23.4. The van der Waals surface area contributed by atoms with Gasteiger partial charge >= 0.3 is 5.97 Å². The summed E-state index contributed by atoms with van der Waals surface area (Å²) in [6.07, 6.45) is 2.66. The molecule has 0 fully saturated rings. The number of hydrogen-bond donors (Lipinski definition) is 1. The number of unbranched alkanes of at least 4 members (excludes halogenated alkanes) is 1. The van der Waals surface area contributed by atoms with E-state index in [1.54, 1.807) is 6.92 Å². The summed E-state index contributed by atoms with van der Waals surface area (Å²) in [5, 5.41) is 8.62. The number of carbonyl (C=O) groups excluding carboxylic acids is 1. The van der Waals surface area contributed by atoms with Gasteiger partial charge in [0.25, 0.3) is 0 Å². The zero-order chi connectivity index (χ0) is 14.0. The number of likely N-dealkylation sites (N-methyl/N-ethyl adjacent to an activating group) is 1. The fourth-order valence-corrected chi connectivity index (χ4v) is 1.74. The normalized spacial score (nSPS) is 12.2. The molecule has 1 N–H and O–H groups in total. The Bertz CT molecular complexity index is 259. The van der Waals surface area contributed by atoms with E-state index in [-0.39, 0.29) is 18.9 Å². The molecule has 0 saturated heterocycles. The molecule has 0 aliphatic rings. The number of alkyl halides is 1. The van der Waals surface area contributed by atoms with Crippen LogP contribution in [-0.2, 0) is 9.59 Å². The molecule has 0 bridgehead atoms. The summed E-state index contributed by atoms with van der Waals surface area (Å²) >= 11 is 0. The van der Waals surface area contributed by atoms with E-state index in [4.69, 9.17) is 5.11 Å². The molecule has 1 unspecified atom stereocenters. The quantitative estimate of drug-likeness (QED) is 0.657. The van der Waals surface area contributed by atoms with E-state index < -0.39 is 12.1 Å². The number of aliphatic carboxylic acids is 1. The Morgan fingerprint density at radius 2 is 1.83 bits per heavy atom. The molecule has 106 valence electrons. The molecule has 4 nitrogen and oxygen atoms in total. The van der Waals surface area contributed by atoms with Gasteiger partial charge < -0.3 is 10.0 Å². The lowest BCUT2D eigenvalue weighted by atomic mass is 10.1. The van der Waals surface area contributed by atoms with Gasteiger partial charge in [-0.1, -0.05) is 19.8 Å². The van der Waals surface area contributed by atoms with Gasteiger partial charge in [-0.3, -0.25) is 9.59 Å². The van der Waals surface area contributed by atoms with Crippen LogP contribution in [0.4, 0.5) is 4.39 Å². The number of hydrogen-bond acceptors (Lipinski definition) is 2. The molecule has 0 radical (unpaired) electrons. The lowest BCUT2D eigenvalue weighted by Crippen LogP contribution is -2.35. The zero-order valence-corrected chi connectivity index (χ0v) is 11.3. The summed E-state index contributed by atoms with van der Waals surface area (Å²) < 4.78 is 13.3. The van der Waals surface area contributed by atoms with Gasteiger partial charge in [0.15, 0.2) is 0 Å². The number of carboxylic acid groups (broad SMARTS) is 1. The van der Waals surface area contributed by atoms with Gasteiger partial charge in [-0.2, -0.15) is 0 Å². The summed E-state index contributed by atoms with van der Waals surface area (Å²) in [5.74, 6) is -1.22. The van der Waals surface area contributed by atoms with Crippen LogP contribution in [0.3, 0.4) is 0 Å². The molecule has 5 heteroatoms. The molecule has 0 aliphatic heterocycles. The maximum Gasteiger partial charge on any atom is 0.323 e. The SMILES string of the molecule is CCCCC(F)CCCC(=O)N(CC)CC(=O)O. The monoisotopic (exact) mass is 261 g/mol. The smallest absolute Gasteiger partial charge is 0.323 e. The minimum absolute atomic E-state index is 0.206. The molecule has 0 aromatic rings. The molecule has 18 heavy (non-hydrogen) atoms. The molecule has 0 aromatic heterocycles. The number of halogens is 1. The maximum absolute atomic E-state index is 13.3. The van der Waals surface area contributed by atoms with Crippen molar-refractivity contribution in [3.63, 3.8) is 0 Å². The van der Waals surface area contributed by atoms with Crippen LogP contribution in [0.2, 0.25) is 0 Å². The third-order valence-corrected chi connectivity index (χ3v) is 2.84. The van der Waals surface area contributed by atoms with Gasteiger partial charge in [0.2, 0.25) is 5.91 Å². The van der Waals surface area contributed by atoms with Crippen molar-refractivity contribution >= 4 is 11.9 Å². The van der Waals surface area contributed by atoms with E-state index in [9.17, 15) is 14.0 Å². The molecular weight excluding hydrogens is 237 g/mol. The van der Waals surface area contributed by atoms with Crippen molar-refractivity contribution in [2.75, 3.05) is 13.1 Å². The van der Waals surface area contributed by atoms with Crippen molar-refractivity contribution < 1.29 is 19.1 Å². The second kappa shape index (κ2) is 9.85. The molecular formula is C13H24FNO3. The van der Waals surface area contributed by atoms with Gasteiger partial charge in [0.1, 0.15) is 12.7 Å². The molecule has 0 rings (SSSR count). The Morgan fingerprint density at radius 3 is 2.33 bits per heavy atom. The van der Waals surface area contributed by atoms with Crippen LogP contribution < -0.4 is 0 Å². The topological polar surface area (TPSA) is 57.6 Å². The van der Waals surface area contributed by atoms with Crippen LogP contribution in [0.15, 0.2) is 0 Å². The highest BCUT2D eigenvalue weighted by Crippen LogP contribution is 2.12. The highest BCUT2D eigenvalue weighted by molar-refractivity contribution is 5.81. The number of rotatable bonds is 10. The minimum atomic E-state index is -1.02. The van der Waals surface area contributed by atoms with Crippen LogP contribution >= 0.6 is 0 Å². The standard InChI is InChI=1S/C13H24FNO3/c1-3-5-7-11(14)8-6-9-12(16)15(4-2)10-13(17)18/h11H,3-10H2,1-2H3,(H,17,18). The summed E-state index contributed by atoms with van der Waals surface area (Å²) in [7, 11) is 0. The number of nitrogens with zero attached hydrogens (tertiary/aromatic N) is 1. The van der Waals surface area contributed by atoms with Crippen molar-refractivity contribution in [3.8, 4) is 0 Å². The number of amides is 1. The fraction of sp³-hybridized carbons (Fsp3) is 0.846. The molecule has 1 amide bonds. The Kier molecular flexibility index (Phi) is 9.24. The summed E-state index contributed by atoms with van der Waals surface area (Å²) in [5.41, 5.74) is 0. The van der Waals surface area contributed by atoms with Crippen molar-refractivity contribution in [1.29, 1.82) is 0 Å². The Hall–Kier alpha value is -1.13. The van der Waals surface area contributed by atoms with Crippen LogP contribution in [0, 0.1) is 0 Å². The maximum atomic E-state index is 13.3. The first-order chi connectivity index (χ1) is 8.51. The van der Waals surface area contributed by atoms with Crippen molar-refractivity contribution in [1.82, 2.24) is 4.90 Å². The third-order valence-electron chi connectivity index (χ3n) is 2.84. The Morgan fingerprint density at radius 1 is 1.22 bits per heavy atom. The molecule has 0 heterocycles. The van der Waals surface area contributed by atoms with E-state index in [1.807, 2.05) is 6.92 Å². The van der Waals surface area contributed by atoms with Crippen LogP contribution in [0.25, 0.3) is 0 Å². The Labute approximate surface area is 108 Å². The van der Waals surface area contributed by atoms with Gasteiger partial charge in [-0.15, -0.1) is 0 Å². The van der Waals surface area contributed by atoms with Gasteiger partial charge in [0.05, 0.1) is 0 Å². The van der Waals surface area contributed by atoms with E-state index in [2.05, 4.69) is 0 Å². The second-order valence-corrected chi connectivity index (χ2v) is 4.43. The van der Waals surface area contributed by atoms with Gasteiger partial charge in [0, 0.05) is 13.0 Å². The largest absolute Gasteiger partial charge is 0.480 e. The highest BCUT2D eigenvalue weighted by atomic mass is 19.1. The predicted molar refractivity (Wildman–Crippen MR) is 68.2 cm³/mol. The van der Waals surface area contributed by atoms with E-state index in [0.29, 0.717) is 25.8 Å². The zero-order valence-electron chi connectivity index (χ0n) is 11.3. The first kappa shape index (κ1) is 16.9. The molecule has 0 spiro atoms. The van der Waals surface area contributed by atoms with Crippen LogP contribution in [0.1, 0.15) is 52.4 Å². The predicted octanol–water partition coefficient (Wildman–Crippen LogP) is 2.62. The second-order valence-electron chi connectivity index (χ2n) is 4.43. The van der Waals surface area contributed by atoms with Crippen molar-refractivity contribution in [2.24, 2.45) is 0 Å². The highest BCUT2D eigenvalue weighted by Gasteiger charge is 2.15. The third kappa shape index (κ3) is 8.03. The van der Waals surface area contributed by atoms with Crippen LogP contribution in [-0.4, -0.2) is 41.1 Å². The molecule has 0 aliphatic carbocycles. The first-order valence-electron chi connectivity index (χ1n) is 6.64. The minimum Gasteiger partial charge on any atom is -0.480 e. The van der Waals surface area contributed by atoms with Crippen molar-refractivity contribution in [2.45, 2.75) is 58.5 Å². The molecule has 0 aromatic carbocycles. The fourth-order valence-electron chi connectivity index (χ4n) is 1.74. The van der Waals surface area contributed by atoms with E-state index in [0.717, 1.165) is 12.8 Å². The number of carboxylic acids is 1. The summed E-state index contributed by atoms with van der Waals surface area (Å²) in [6, 6.07) is 0. The van der Waals surface area contributed by atoms with Crippen molar-refractivity contribution in [3.05, 3.63) is 0 Å². The first-order valence-corrected chi connectivity index (χ1v) is 6.64. The Balaban J connectivity index is 3.83. The van der Waals surface area contributed by atoms with Gasteiger partial charge in [-0.05, 0) is 26.2 Å². The van der Waals surface area contributed by atoms with E-state index in [1.165, 1.54) is 4.90 Å². The summed E-state index contributed by atoms with van der Waals surface area (Å²) in [6.45, 7) is 3.85. The lowest BCUT2D eigenvalue weighted by molar-refractivity contribution is -0.144. The lowest BCUT2D eigenvalue weighted by Gasteiger charge is -2.18. The van der Waals surface area contributed by atoms with Gasteiger partial charge in [-0.25, -0.2) is 4.39 Å². The number of carbonyl (C=O) groups is 2. The van der Waals surface area contributed by atoms with Crippen LogP contribution in [0.5, 0.6) is 0 Å². The molecule has 0 saturated carbocycles. The van der Waals surface area contributed by atoms with E-state index >= 15 is 0 Å². The molecule has 1 atom stereocenters. The average Bonchev–Trinajstić information content (AvgIpc) is 2.32. The average molecular weight is 261 g/mol.